The fourth-order valence-corrected chi connectivity index (χ4v) is 1.04. The number of rotatable bonds is 2. The molecule has 0 spiro atoms. The van der Waals surface area contributed by atoms with Crippen LogP contribution in [0.1, 0.15) is 11.7 Å². The van der Waals surface area contributed by atoms with E-state index in [2.05, 4.69) is 6.58 Å². The van der Waals surface area contributed by atoms with Crippen LogP contribution in [0.5, 0.6) is 0 Å². The molecule has 0 fully saturated rings. The Balaban J connectivity index is 0.000000280. The van der Waals surface area contributed by atoms with Crippen molar-refractivity contribution >= 4 is 0 Å². The molecule has 86 valence electrons. The van der Waals surface area contributed by atoms with Crippen molar-refractivity contribution in [3.05, 3.63) is 72.8 Å². The summed E-state index contributed by atoms with van der Waals surface area (Å²) in [5.41, 5.74) is 0.907. The van der Waals surface area contributed by atoms with Gasteiger partial charge in [-0.2, -0.15) is 12.1 Å². The summed E-state index contributed by atoms with van der Waals surface area (Å²) in [6.45, 7) is 3.47. The quantitative estimate of drug-likeness (QED) is 0.487. The molecule has 2 aromatic carbocycles. The van der Waals surface area contributed by atoms with Crippen LogP contribution in [0.2, 0.25) is 0 Å². The summed E-state index contributed by atoms with van der Waals surface area (Å²) < 4.78 is 0. The first-order valence-corrected chi connectivity index (χ1v) is 4.53. The summed E-state index contributed by atoms with van der Waals surface area (Å²) in [5, 5.41) is 9.10. The van der Waals surface area contributed by atoms with Crippen molar-refractivity contribution in [2.75, 3.05) is 0 Å². The van der Waals surface area contributed by atoms with Gasteiger partial charge in [-0.25, -0.2) is 12.1 Å². The number of aliphatic hydroxyl groups excluding tert-OH is 1. The molecule has 0 heterocycles. The van der Waals surface area contributed by atoms with Crippen LogP contribution in [0, 0.1) is 0 Å². The Morgan fingerprint density at radius 3 is 1.80 bits per heavy atom. The van der Waals surface area contributed by atoms with E-state index in [0.29, 0.717) is 0 Å². The molecule has 0 saturated carbocycles. The SMILES string of the molecule is C=CC(O)[c-]1cccc1.[Fe].[cH-]1[cH-][cH-][cH-][cH-]1. The molecule has 1 nitrogen and oxygen atoms in total. The third kappa shape index (κ3) is 5.38. The Morgan fingerprint density at radius 1 is 1.07 bits per heavy atom. The van der Waals surface area contributed by atoms with Gasteiger partial charge in [0.15, 0.2) is 0 Å². The van der Waals surface area contributed by atoms with E-state index in [0.717, 1.165) is 5.56 Å². The van der Waals surface area contributed by atoms with Crippen LogP contribution >= 0.6 is 0 Å². The fraction of sp³-hybridized carbons (Fsp3) is 0.0769. The maximum atomic E-state index is 9.10. The average molecular weight is 242 g/mol. The normalized spacial score (nSPS) is 10.5. The molecule has 2 rings (SSSR count). The van der Waals surface area contributed by atoms with Crippen LogP contribution in [-0.2, 0) is 17.1 Å². The topological polar surface area (TPSA) is 20.2 Å². The first-order valence-electron chi connectivity index (χ1n) is 4.53. The average Bonchev–Trinajstić information content (AvgIpc) is 2.91. The maximum Gasteiger partial charge on any atom is 0.0529 e. The van der Waals surface area contributed by atoms with Crippen LogP contribution in [-0.4, -0.2) is 5.11 Å². The van der Waals surface area contributed by atoms with Crippen LogP contribution in [0.3, 0.4) is 0 Å². The van der Waals surface area contributed by atoms with Gasteiger partial charge in [-0.05, 0) is 0 Å². The summed E-state index contributed by atoms with van der Waals surface area (Å²) in [4.78, 5) is 0. The van der Waals surface area contributed by atoms with Gasteiger partial charge in [0, 0.05) is 17.1 Å². The summed E-state index contributed by atoms with van der Waals surface area (Å²) in [6.07, 6.45) is 1.01. The van der Waals surface area contributed by atoms with E-state index in [1.165, 1.54) is 6.08 Å². The van der Waals surface area contributed by atoms with Gasteiger partial charge in [-0.3, -0.25) is 0 Å². The largest absolute Gasteiger partial charge is 0.748 e. The summed E-state index contributed by atoms with van der Waals surface area (Å²) in [6, 6.07) is 17.5. The van der Waals surface area contributed by atoms with E-state index in [4.69, 9.17) is 5.11 Å². The van der Waals surface area contributed by atoms with Crippen LogP contribution in [0.25, 0.3) is 0 Å². The number of hydrogen-bond donors (Lipinski definition) is 1. The summed E-state index contributed by atoms with van der Waals surface area (Å²) in [5.74, 6) is 0. The summed E-state index contributed by atoms with van der Waals surface area (Å²) >= 11 is 0. The van der Waals surface area contributed by atoms with E-state index >= 15 is 0 Å². The van der Waals surface area contributed by atoms with Crippen molar-refractivity contribution in [3.8, 4) is 0 Å². The van der Waals surface area contributed by atoms with Gasteiger partial charge in [-0.1, -0.05) is 6.08 Å². The Hall–Kier alpha value is -1.08. The monoisotopic (exact) mass is 242 g/mol. The van der Waals surface area contributed by atoms with Gasteiger partial charge in [0.25, 0.3) is 0 Å². The first kappa shape index (κ1) is 13.9. The molecule has 1 unspecified atom stereocenters. The molecule has 0 bridgehead atoms. The van der Waals surface area contributed by atoms with Crippen molar-refractivity contribution in [1.82, 2.24) is 0 Å². The van der Waals surface area contributed by atoms with Crippen molar-refractivity contribution < 1.29 is 22.2 Å². The molecule has 15 heavy (non-hydrogen) atoms. The van der Waals surface area contributed by atoms with Gasteiger partial charge in [0.2, 0.25) is 0 Å². The number of aliphatic hydroxyl groups is 1. The van der Waals surface area contributed by atoms with Gasteiger partial charge in [0.05, 0.1) is 6.10 Å². The molecule has 0 aliphatic heterocycles. The van der Waals surface area contributed by atoms with E-state index in [1.807, 2.05) is 54.6 Å². The molecule has 0 aliphatic rings. The van der Waals surface area contributed by atoms with Crippen molar-refractivity contribution in [1.29, 1.82) is 0 Å². The van der Waals surface area contributed by atoms with Crippen molar-refractivity contribution in [2.45, 2.75) is 6.10 Å². The minimum Gasteiger partial charge on any atom is -0.748 e. The van der Waals surface area contributed by atoms with Crippen molar-refractivity contribution in [3.63, 3.8) is 0 Å². The first-order chi connectivity index (χ1) is 6.84. The molecule has 1 N–H and O–H groups in total. The molecule has 2 heteroatoms. The molecular formula is C13H14FeO-6. The van der Waals surface area contributed by atoms with Gasteiger partial charge >= 0.3 is 0 Å². The predicted octanol–water partition coefficient (Wildman–Crippen LogP) is 3.03. The standard InChI is InChI=1S/C8H9O.C5H5.Fe/c1-2-8(9)7-5-3-4-6-7;1-2-4-5-3-1;/h2-6,8-9H,1H2;1-5H;/q-1;-5;. The Kier molecular flexibility index (Phi) is 7.65. The minimum atomic E-state index is -0.500. The molecule has 0 aromatic heterocycles. The van der Waals surface area contributed by atoms with E-state index in [9.17, 15) is 0 Å². The zero-order chi connectivity index (χ0) is 10.2. The molecule has 0 aliphatic carbocycles. The van der Waals surface area contributed by atoms with E-state index in [-0.39, 0.29) is 17.1 Å². The van der Waals surface area contributed by atoms with Crippen LogP contribution in [0.4, 0.5) is 0 Å². The second kappa shape index (κ2) is 8.25. The molecule has 0 saturated heterocycles. The molecular weight excluding hydrogens is 228 g/mol. The molecule has 1 atom stereocenters. The zero-order valence-electron chi connectivity index (χ0n) is 8.36. The second-order valence-corrected chi connectivity index (χ2v) is 2.86. The van der Waals surface area contributed by atoms with Crippen molar-refractivity contribution in [2.24, 2.45) is 0 Å². The predicted molar refractivity (Wildman–Crippen MR) is 59.2 cm³/mol. The van der Waals surface area contributed by atoms with Crippen LogP contribution < -0.4 is 0 Å². The second-order valence-electron chi connectivity index (χ2n) is 2.86. The minimum absolute atomic E-state index is 0. The zero-order valence-corrected chi connectivity index (χ0v) is 9.46. The third-order valence-electron chi connectivity index (χ3n) is 1.81. The maximum absolute atomic E-state index is 9.10. The van der Waals surface area contributed by atoms with E-state index < -0.39 is 6.10 Å². The fourth-order valence-electron chi connectivity index (χ4n) is 1.04. The molecule has 0 amide bonds. The van der Waals surface area contributed by atoms with Gasteiger partial charge in [-0.15, -0.1) is 12.1 Å². The van der Waals surface area contributed by atoms with Gasteiger partial charge in [0.1, 0.15) is 0 Å². The third-order valence-corrected chi connectivity index (χ3v) is 1.81. The summed E-state index contributed by atoms with van der Waals surface area (Å²) in [7, 11) is 0. The van der Waals surface area contributed by atoms with E-state index in [1.54, 1.807) is 0 Å². The van der Waals surface area contributed by atoms with Gasteiger partial charge < -0.3 is 35.4 Å². The smallest absolute Gasteiger partial charge is 0.0529 e. The Morgan fingerprint density at radius 2 is 1.47 bits per heavy atom. The van der Waals surface area contributed by atoms with Crippen LogP contribution in [0.15, 0.2) is 67.3 Å². The Bertz CT molecular complexity index is 304. The molecule has 2 aromatic rings. The Labute approximate surface area is 101 Å². The molecule has 0 radical (unpaired) electrons. The number of hydrogen-bond acceptors (Lipinski definition) is 1.